The molecule has 2 rings (SSSR count). The lowest BCUT2D eigenvalue weighted by Gasteiger charge is -2.09. The van der Waals surface area contributed by atoms with Crippen molar-refractivity contribution in [2.75, 3.05) is 11.9 Å². The molecule has 0 radical (unpaired) electrons. The quantitative estimate of drug-likeness (QED) is 0.779. The number of ether oxygens (including phenoxy) is 1. The van der Waals surface area contributed by atoms with Crippen molar-refractivity contribution >= 4 is 27.6 Å². The van der Waals surface area contributed by atoms with Gasteiger partial charge in [-0.1, -0.05) is 0 Å². The first-order valence-electron chi connectivity index (χ1n) is 6.53. The zero-order valence-corrected chi connectivity index (χ0v) is 13.1. The van der Waals surface area contributed by atoms with Gasteiger partial charge in [0.25, 0.3) is 0 Å². The van der Waals surface area contributed by atoms with Crippen molar-refractivity contribution in [3.63, 3.8) is 0 Å². The van der Waals surface area contributed by atoms with Crippen molar-refractivity contribution in [3.05, 3.63) is 51.9 Å². The van der Waals surface area contributed by atoms with E-state index in [4.69, 9.17) is 14.3 Å². The number of rotatable bonds is 6. The first-order chi connectivity index (χ1) is 10.1. The third-order valence-corrected chi connectivity index (χ3v) is 3.46. The Morgan fingerprint density at radius 3 is 2.71 bits per heavy atom. The third kappa shape index (κ3) is 4.09. The zero-order valence-electron chi connectivity index (χ0n) is 11.6. The topological polar surface area (TPSA) is 71.7 Å². The van der Waals surface area contributed by atoms with E-state index < -0.39 is 0 Å². The minimum atomic E-state index is -0.344. The number of nitrogens with one attached hydrogen (secondary N) is 1. The fourth-order valence-corrected chi connectivity index (χ4v) is 2.30. The Kier molecular flexibility index (Phi) is 5.41. The lowest BCUT2D eigenvalue weighted by atomic mass is 10.2. The molecule has 0 amide bonds. The summed E-state index contributed by atoms with van der Waals surface area (Å²) in [5.74, 6) is 0.910. The second-order valence-corrected chi connectivity index (χ2v) is 5.15. The molecule has 0 aliphatic heterocycles. The highest BCUT2D eigenvalue weighted by atomic mass is 79.9. The summed E-state index contributed by atoms with van der Waals surface area (Å²) in [5, 5.41) is 12.1. The van der Waals surface area contributed by atoms with Gasteiger partial charge in [-0.2, -0.15) is 0 Å². The van der Waals surface area contributed by atoms with Gasteiger partial charge in [-0.3, -0.25) is 0 Å². The number of benzene rings is 1. The molecule has 0 aliphatic rings. The lowest BCUT2D eigenvalue weighted by molar-refractivity contribution is 0.0526. The standard InChI is InChI=1S/C15H16BrNO4/c1-2-20-15(19)10-3-6-14(13(16)7-10)17-8-11-4-5-12(9-18)21-11/h3-7,17-18H,2,8-9H2,1H3. The van der Waals surface area contributed by atoms with E-state index in [0.717, 1.165) is 15.9 Å². The molecular weight excluding hydrogens is 338 g/mol. The van der Waals surface area contributed by atoms with Gasteiger partial charge in [0.1, 0.15) is 18.1 Å². The number of aliphatic hydroxyl groups is 1. The van der Waals surface area contributed by atoms with Crippen LogP contribution >= 0.6 is 15.9 Å². The van der Waals surface area contributed by atoms with E-state index in [1.807, 2.05) is 0 Å². The van der Waals surface area contributed by atoms with E-state index in [1.165, 1.54) is 0 Å². The number of esters is 1. The Labute approximate surface area is 131 Å². The summed E-state index contributed by atoms with van der Waals surface area (Å²) in [6, 6.07) is 8.75. The Morgan fingerprint density at radius 1 is 1.33 bits per heavy atom. The van der Waals surface area contributed by atoms with Crippen molar-refractivity contribution in [1.82, 2.24) is 0 Å². The van der Waals surface area contributed by atoms with Gasteiger partial charge in [0, 0.05) is 10.2 Å². The van der Waals surface area contributed by atoms with Crippen LogP contribution in [0.25, 0.3) is 0 Å². The third-order valence-electron chi connectivity index (χ3n) is 2.81. The summed E-state index contributed by atoms with van der Waals surface area (Å²) in [6.45, 7) is 2.49. The number of halogens is 1. The molecule has 112 valence electrons. The molecule has 0 unspecified atom stereocenters. The van der Waals surface area contributed by atoms with Gasteiger partial charge in [0.2, 0.25) is 0 Å². The SMILES string of the molecule is CCOC(=O)c1ccc(NCc2ccc(CO)o2)c(Br)c1. The van der Waals surface area contributed by atoms with Gasteiger partial charge in [0.15, 0.2) is 0 Å². The molecule has 1 aromatic heterocycles. The van der Waals surface area contributed by atoms with Crippen molar-refractivity contribution in [3.8, 4) is 0 Å². The monoisotopic (exact) mass is 353 g/mol. The normalized spacial score (nSPS) is 10.4. The summed E-state index contributed by atoms with van der Waals surface area (Å²) in [7, 11) is 0. The van der Waals surface area contributed by atoms with Gasteiger partial charge in [-0.25, -0.2) is 4.79 Å². The minimum Gasteiger partial charge on any atom is -0.462 e. The number of anilines is 1. The molecule has 6 heteroatoms. The average Bonchev–Trinajstić information content (AvgIpc) is 2.94. The van der Waals surface area contributed by atoms with E-state index >= 15 is 0 Å². The van der Waals surface area contributed by atoms with Crippen LogP contribution in [0, 0.1) is 0 Å². The number of hydrogen-bond acceptors (Lipinski definition) is 5. The summed E-state index contributed by atoms with van der Waals surface area (Å²) in [6.07, 6.45) is 0. The van der Waals surface area contributed by atoms with Gasteiger partial charge in [-0.05, 0) is 53.2 Å². The predicted molar refractivity (Wildman–Crippen MR) is 82.1 cm³/mol. The molecule has 0 saturated carbocycles. The zero-order chi connectivity index (χ0) is 15.2. The summed E-state index contributed by atoms with van der Waals surface area (Å²) in [4.78, 5) is 11.6. The van der Waals surface area contributed by atoms with Gasteiger partial charge in [-0.15, -0.1) is 0 Å². The second kappa shape index (κ2) is 7.28. The van der Waals surface area contributed by atoms with Crippen LogP contribution in [-0.2, 0) is 17.9 Å². The summed E-state index contributed by atoms with van der Waals surface area (Å²) < 4.78 is 11.1. The first-order valence-corrected chi connectivity index (χ1v) is 7.32. The molecular formula is C15H16BrNO4. The lowest BCUT2D eigenvalue weighted by Crippen LogP contribution is -2.05. The maximum absolute atomic E-state index is 11.6. The van der Waals surface area contributed by atoms with E-state index in [0.29, 0.717) is 24.5 Å². The van der Waals surface area contributed by atoms with Crippen LogP contribution in [0.15, 0.2) is 39.2 Å². The van der Waals surface area contributed by atoms with E-state index in [2.05, 4.69) is 21.2 Å². The number of carbonyl (C=O) groups is 1. The highest BCUT2D eigenvalue weighted by molar-refractivity contribution is 9.10. The van der Waals surface area contributed by atoms with E-state index in [9.17, 15) is 4.79 Å². The Bertz CT molecular complexity index is 624. The minimum absolute atomic E-state index is 0.113. The van der Waals surface area contributed by atoms with Crippen LogP contribution < -0.4 is 5.32 Å². The molecule has 2 aromatic rings. The number of furan rings is 1. The molecule has 21 heavy (non-hydrogen) atoms. The summed E-state index contributed by atoms with van der Waals surface area (Å²) >= 11 is 3.42. The van der Waals surface area contributed by atoms with Gasteiger partial charge < -0.3 is 19.6 Å². The highest BCUT2D eigenvalue weighted by Gasteiger charge is 2.09. The van der Waals surface area contributed by atoms with Crippen molar-refractivity contribution in [2.45, 2.75) is 20.1 Å². The van der Waals surface area contributed by atoms with Crippen LogP contribution in [0.1, 0.15) is 28.8 Å². The fraction of sp³-hybridized carbons (Fsp3) is 0.267. The van der Waals surface area contributed by atoms with Crippen molar-refractivity contribution < 1.29 is 19.1 Å². The molecule has 0 fully saturated rings. The fourth-order valence-electron chi connectivity index (χ4n) is 1.78. The summed E-state index contributed by atoms with van der Waals surface area (Å²) in [5.41, 5.74) is 1.33. The molecule has 5 nitrogen and oxygen atoms in total. The van der Waals surface area contributed by atoms with Crippen LogP contribution in [0.3, 0.4) is 0 Å². The smallest absolute Gasteiger partial charge is 0.338 e. The predicted octanol–water partition coefficient (Wildman–Crippen LogP) is 3.32. The molecule has 0 atom stereocenters. The van der Waals surface area contributed by atoms with E-state index in [1.54, 1.807) is 37.3 Å². The highest BCUT2D eigenvalue weighted by Crippen LogP contribution is 2.25. The molecule has 0 aliphatic carbocycles. The molecule has 1 aromatic carbocycles. The van der Waals surface area contributed by atoms with Gasteiger partial charge >= 0.3 is 5.97 Å². The molecule has 0 saturated heterocycles. The first kappa shape index (κ1) is 15.6. The van der Waals surface area contributed by atoms with Crippen LogP contribution in [0.2, 0.25) is 0 Å². The molecule has 1 heterocycles. The number of hydrogen-bond donors (Lipinski definition) is 2. The second-order valence-electron chi connectivity index (χ2n) is 4.29. The number of carbonyl (C=O) groups excluding carboxylic acids is 1. The van der Waals surface area contributed by atoms with E-state index in [-0.39, 0.29) is 12.6 Å². The van der Waals surface area contributed by atoms with Gasteiger partial charge in [0.05, 0.1) is 18.7 Å². The largest absolute Gasteiger partial charge is 0.462 e. The molecule has 2 N–H and O–H groups in total. The van der Waals surface area contributed by atoms with Crippen molar-refractivity contribution in [2.24, 2.45) is 0 Å². The average molecular weight is 354 g/mol. The van der Waals surface area contributed by atoms with Crippen molar-refractivity contribution in [1.29, 1.82) is 0 Å². The number of aliphatic hydroxyl groups excluding tert-OH is 1. The Morgan fingerprint density at radius 2 is 2.10 bits per heavy atom. The van der Waals surface area contributed by atoms with Crippen LogP contribution in [0.5, 0.6) is 0 Å². The maximum atomic E-state index is 11.6. The van der Waals surface area contributed by atoms with Crippen LogP contribution in [-0.4, -0.2) is 17.7 Å². The maximum Gasteiger partial charge on any atom is 0.338 e. The Hall–Kier alpha value is -1.79. The molecule has 0 spiro atoms. The molecule has 0 bridgehead atoms. The van der Waals surface area contributed by atoms with Crippen LogP contribution in [0.4, 0.5) is 5.69 Å². The Balaban J connectivity index is 2.02.